The van der Waals surface area contributed by atoms with Gasteiger partial charge in [0.15, 0.2) is 5.78 Å². The van der Waals surface area contributed by atoms with E-state index in [2.05, 4.69) is 4.98 Å². The first kappa shape index (κ1) is 16.1. The lowest BCUT2D eigenvalue weighted by Gasteiger charge is -2.19. The third kappa shape index (κ3) is 3.02. The number of furan rings is 1. The fourth-order valence-corrected chi connectivity index (χ4v) is 3.78. The number of Topliss-reactive ketones (excluding diaryl/α,β-unsaturated/α-hetero) is 1. The standard InChI is InChI=1S/C19H21NO5/c1-11-17-14(8-12(9-15(17)21)16-5-3-7-24-16)20-18(11)19(22)25-10-13-4-2-6-23-13/h3,5,7,12-13,20H,2,4,6,8-10H2,1H3/t12-,13+/m0/s1. The molecule has 2 aromatic rings. The average Bonchev–Trinajstić information content (AvgIpc) is 3.34. The molecular formula is C19H21NO5. The maximum atomic E-state index is 12.6. The lowest BCUT2D eigenvalue weighted by molar-refractivity contribution is 0.0156. The Kier molecular flexibility index (Phi) is 4.21. The number of esters is 1. The second-order valence-corrected chi connectivity index (χ2v) is 6.76. The summed E-state index contributed by atoms with van der Waals surface area (Å²) >= 11 is 0. The second kappa shape index (κ2) is 6.52. The van der Waals surface area contributed by atoms with Crippen molar-refractivity contribution in [2.45, 2.75) is 44.6 Å². The van der Waals surface area contributed by atoms with E-state index in [4.69, 9.17) is 13.9 Å². The molecule has 6 nitrogen and oxygen atoms in total. The van der Waals surface area contributed by atoms with Gasteiger partial charge < -0.3 is 18.9 Å². The molecule has 0 aromatic carbocycles. The van der Waals surface area contributed by atoms with E-state index in [1.165, 1.54) is 0 Å². The van der Waals surface area contributed by atoms with Gasteiger partial charge in [0.1, 0.15) is 18.1 Å². The highest BCUT2D eigenvalue weighted by Crippen LogP contribution is 2.35. The summed E-state index contributed by atoms with van der Waals surface area (Å²) in [4.78, 5) is 28.1. The summed E-state index contributed by atoms with van der Waals surface area (Å²) in [5.41, 5.74) is 2.47. The summed E-state index contributed by atoms with van der Waals surface area (Å²) in [6, 6.07) is 3.71. The normalized spacial score (nSPS) is 22.8. The van der Waals surface area contributed by atoms with Crippen molar-refractivity contribution in [3.63, 3.8) is 0 Å². The zero-order chi connectivity index (χ0) is 17.4. The number of ketones is 1. The molecule has 0 amide bonds. The van der Waals surface area contributed by atoms with Crippen LogP contribution in [-0.4, -0.2) is 36.1 Å². The van der Waals surface area contributed by atoms with Crippen LogP contribution in [-0.2, 0) is 15.9 Å². The van der Waals surface area contributed by atoms with Crippen LogP contribution in [0, 0.1) is 6.92 Å². The number of nitrogens with one attached hydrogen (secondary N) is 1. The molecule has 2 aromatic heterocycles. The first-order valence-electron chi connectivity index (χ1n) is 8.70. The van der Waals surface area contributed by atoms with Gasteiger partial charge in [-0.25, -0.2) is 4.79 Å². The van der Waals surface area contributed by atoms with Gasteiger partial charge in [-0.05, 0) is 43.9 Å². The number of hydrogen-bond donors (Lipinski definition) is 1. The summed E-state index contributed by atoms with van der Waals surface area (Å²) < 4.78 is 16.3. The lowest BCUT2D eigenvalue weighted by Crippen LogP contribution is -2.18. The number of carbonyl (C=O) groups is 2. The zero-order valence-electron chi connectivity index (χ0n) is 14.2. The van der Waals surface area contributed by atoms with Crippen LogP contribution in [0.5, 0.6) is 0 Å². The topological polar surface area (TPSA) is 81.5 Å². The number of hydrogen-bond acceptors (Lipinski definition) is 5. The maximum Gasteiger partial charge on any atom is 0.355 e. The molecule has 2 atom stereocenters. The molecular weight excluding hydrogens is 322 g/mol. The van der Waals surface area contributed by atoms with Crippen molar-refractivity contribution < 1.29 is 23.5 Å². The molecule has 0 spiro atoms. The van der Waals surface area contributed by atoms with Crippen molar-refractivity contribution in [3.05, 3.63) is 46.7 Å². The summed E-state index contributed by atoms with van der Waals surface area (Å²) in [7, 11) is 0. The smallest absolute Gasteiger partial charge is 0.355 e. The van der Waals surface area contributed by atoms with Gasteiger partial charge in [0.25, 0.3) is 0 Å². The van der Waals surface area contributed by atoms with Gasteiger partial charge in [-0.15, -0.1) is 0 Å². The maximum absolute atomic E-state index is 12.6. The Labute approximate surface area is 145 Å². The number of fused-ring (bicyclic) bond motifs is 1. The Balaban J connectivity index is 1.52. The molecule has 3 heterocycles. The highest BCUT2D eigenvalue weighted by molar-refractivity contribution is 6.03. The van der Waals surface area contributed by atoms with Crippen LogP contribution in [0.2, 0.25) is 0 Å². The van der Waals surface area contributed by atoms with E-state index in [1.54, 1.807) is 13.2 Å². The molecule has 0 unspecified atom stereocenters. The molecule has 1 saturated heterocycles. The molecule has 0 radical (unpaired) electrons. The van der Waals surface area contributed by atoms with Gasteiger partial charge >= 0.3 is 5.97 Å². The highest BCUT2D eigenvalue weighted by Gasteiger charge is 2.33. The van der Waals surface area contributed by atoms with Crippen LogP contribution in [0.3, 0.4) is 0 Å². The highest BCUT2D eigenvalue weighted by atomic mass is 16.6. The number of ether oxygens (including phenoxy) is 2. The Morgan fingerprint density at radius 3 is 3.00 bits per heavy atom. The SMILES string of the molecule is Cc1c(C(=O)OC[C@H]2CCCO2)[nH]c2c1C(=O)C[C@@H](c1ccco1)C2. The fourth-order valence-electron chi connectivity index (χ4n) is 3.78. The molecule has 1 fully saturated rings. The number of H-pyrrole nitrogens is 1. The lowest BCUT2D eigenvalue weighted by atomic mass is 9.84. The molecule has 1 aliphatic heterocycles. The van der Waals surface area contributed by atoms with Gasteiger partial charge in [0, 0.05) is 30.2 Å². The molecule has 1 aliphatic carbocycles. The van der Waals surface area contributed by atoms with E-state index in [-0.39, 0.29) is 24.4 Å². The quantitative estimate of drug-likeness (QED) is 0.862. The summed E-state index contributed by atoms with van der Waals surface area (Å²) in [6.07, 6.45) is 4.55. The van der Waals surface area contributed by atoms with Crippen molar-refractivity contribution in [1.29, 1.82) is 0 Å². The molecule has 1 N–H and O–H groups in total. The molecule has 4 rings (SSSR count). The summed E-state index contributed by atoms with van der Waals surface area (Å²) in [5, 5.41) is 0. The molecule has 2 aliphatic rings. The summed E-state index contributed by atoms with van der Waals surface area (Å²) in [6.45, 7) is 2.77. The van der Waals surface area contributed by atoms with E-state index in [0.29, 0.717) is 29.7 Å². The van der Waals surface area contributed by atoms with Crippen LogP contribution < -0.4 is 0 Å². The van der Waals surface area contributed by atoms with Crippen molar-refractivity contribution >= 4 is 11.8 Å². The molecule has 25 heavy (non-hydrogen) atoms. The zero-order valence-corrected chi connectivity index (χ0v) is 14.2. The van der Waals surface area contributed by atoms with E-state index in [1.807, 2.05) is 12.1 Å². The van der Waals surface area contributed by atoms with Crippen LogP contribution in [0.15, 0.2) is 22.8 Å². The molecule has 0 saturated carbocycles. The van der Waals surface area contributed by atoms with Crippen LogP contribution >= 0.6 is 0 Å². The van der Waals surface area contributed by atoms with Gasteiger partial charge in [-0.3, -0.25) is 4.79 Å². The predicted molar refractivity (Wildman–Crippen MR) is 88.9 cm³/mol. The minimum atomic E-state index is -0.426. The Morgan fingerprint density at radius 1 is 1.40 bits per heavy atom. The monoisotopic (exact) mass is 343 g/mol. The van der Waals surface area contributed by atoms with Crippen molar-refractivity contribution in [2.75, 3.05) is 13.2 Å². The number of carbonyl (C=O) groups excluding carboxylic acids is 2. The van der Waals surface area contributed by atoms with Gasteiger partial charge in [0.05, 0.1) is 12.4 Å². The van der Waals surface area contributed by atoms with Crippen LogP contribution in [0.4, 0.5) is 0 Å². The third-order valence-corrected chi connectivity index (χ3v) is 5.06. The van der Waals surface area contributed by atoms with Crippen molar-refractivity contribution in [2.24, 2.45) is 0 Å². The first-order valence-corrected chi connectivity index (χ1v) is 8.70. The van der Waals surface area contributed by atoms with Gasteiger partial charge in [-0.2, -0.15) is 0 Å². The van der Waals surface area contributed by atoms with E-state index < -0.39 is 5.97 Å². The molecule has 6 heteroatoms. The minimum Gasteiger partial charge on any atom is -0.469 e. The van der Waals surface area contributed by atoms with Crippen LogP contribution in [0.25, 0.3) is 0 Å². The van der Waals surface area contributed by atoms with E-state index in [0.717, 1.165) is 30.9 Å². The van der Waals surface area contributed by atoms with Gasteiger partial charge in [0.2, 0.25) is 0 Å². The first-order chi connectivity index (χ1) is 12.1. The fraction of sp³-hybridized carbons (Fsp3) is 0.474. The Hall–Kier alpha value is -2.34. The largest absolute Gasteiger partial charge is 0.469 e. The third-order valence-electron chi connectivity index (χ3n) is 5.06. The number of rotatable bonds is 4. The Morgan fingerprint density at radius 2 is 2.28 bits per heavy atom. The second-order valence-electron chi connectivity index (χ2n) is 6.76. The van der Waals surface area contributed by atoms with Crippen LogP contribution in [0.1, 0.15) is 63.0 Å². The van der Waals surface area contributed by atoms with Crippen molar-refractivity contribution in [3.8, 4) is 0 Å². The van der Waals surface area contributed by atoms with E-state index in [9.17, 15) is 9.59 Å². The van der Waals surface area contributed by atoms with Crippen molar-refractivity contribution in [1.82, 2.24) is 4.98 Å². The number of aromatic nitrogens is 1. The molecule has 0 bridgehead atoms. The van der Waals surface area contributed by atoms with E-state index >= 15 is 0 Å². The summed E-state index contributed by atoms with van der Waals surface area (Å²) in [5.74, 6) is 0.414. The number of aromatic amines is 1. The average molecular weight is 343 g/mol. The Bertz CT molecular complexity index is 783. The predicted octanol–water partition coefficient (Wildman–Crippen LogP) is 3.16. The minimum absolute atomic E-state index is 0.00353. The molecule has 132 valence electrons. The van der Waals surface area contributed by atoms with Gasteiger partial charge in [-0.1, -0.05) is 0 Å².